The van der Waals surface area contributed by atoms with Gasteiger partial charge in [0.15, 0.2) is 0 Å². The molecule has 0 atom stereocenters. The molecule has 7 nitrogen and oxygen atoms in total. The largest absolute Gasteiger partial charge is 0.277 e. The van der Waals surface area contributed by atoms with Gasteiger partial charge in [-0.3, -0.25) is 10.1 Å². The Morgan fingerprint density at radius 1 is 1.29 bits per heavy atom. The molecule has 0 spiro atoms. The number of hydrogen-bond donors (Lipinski definition) is 2. The Labute approximate surface area is 80.6 Å². The molecule has 0 saturated heterocycles. The van der Waals surface area contributed by atoms with Gasteiger partial charge in [-0.2, -0.15) is 4.28 Å². The predicted octanol–water partition coefficient (Wildman–Crippen LogP) is 0.465. The molecule has 0 amide bonds. The molecule has 1 rings (SSSR count). The van der Waals surface area contributed by atoms with E-state index in [1.165, 1.54) is 24.3 Å². The Kier molecular flexibility index (Phi) is 3.37. The van der Waals surface area contributed by atoms with Crippen molar-refractivity contribution in [3.8, 4) is 0 Å². The molecule has 14 heavy (non-hydrogen) atoms. The summed E-state index contributed by atoms with van der Waals surface area (Å²) in [7, 11) is -2.99. The van der Waals surface area contributed by atoms with Gasteiger partial charge in [-0.05, 0) is 12.1 Å². The van der Waals surface area contributed by atoms with E-state index in [-0.39, 0.29) is 5.69 Å². The minimum atomic E-state index is -2.99. The highest BCUT2D eigenvalue weighted by Crippen LogP contribution is 2.14. The van der Waals surface area contributed by atoms with E-state index in [1.54, 1.807) is 0 Å². The Balaban J connectivity index is 2.68. The molecule has 1 aromatic rings. The molecule has 0 aromatic heterocycles. The zero-order valence-corrected chi connectivity index (χ0v) is 7.64. The van der Waals surface area contributed by atoms with Gasteiger partial charge in [0.2, 0.25) is 0 Å². The van der Waals surface area contributed by atoms with Crippen molar-refractivity contribution in [1.82, 2.24) is 0 Å². The van der Waals surface area contributed by atoms with Crippen LogP contribution in [-0.4, -0.2) is 13.3 Å². The summed E-state index contributed by atoms with van der Waals surface area (Å²) in [5.74, 6) is 0. The zero-order valence-electron chi connectivity index (χ0n) is 6.75. The first-order valence-electron chi connectivity index (χ1n) is 3.41. The molecule has 0 bridgehead atoms. The highest BCUT2D eigenvalue weighted by Gasteiger charge is 2.03. The topological polar surface area (TPSA) is 98.5 Å². The molecular weight excluding hydrogens is 212 g/mol. The molecule has 0 fully saturated rings. The monoisotopic (exact) mass is 218 g/mol. The Morgan fingerprint density at radius 3 is 2.29 bits per heavy atom. The molecule has 1 N–H and O–H groups in total. The summed E-state index contributed by atoms with van der Waals surface area (Å²) < 4.78 is 24.0. The van der Waals surface area contributed by atoms with Gasteiger partial charge in [-0.25, -0.2) is 13.9 Å². The summed E-state index contributed by atoms with van der Waals surface area (Å²) in [5.41, 5.74) is 2.32. The van der Waals surface area contributed by atoms with Crippen molar-refractivity contribution in [2.24, 2.45) is 0 Å². The highest BCUT2D eigenvalue weighted by molar-refractivity contribution is 7.67. The van der Waals surface area contributed by atoms with E-state index in [0.29, 0.717) is 5.69 Å². The van der Waals surface area contributed by atoms with Gasteiger partial charge in [-0.1, -0.05) is 0 Å². The minimum Gasteiger partial charge on any atom is -0.258 e. The molecule has 1 aromatic carbocycles. The summed E-state index contributed by atoms with van der Waals surface area (Å²) in [6, 6.07) is 5.11. The molecular formula is C6H6N2O5S. The number of rotatable bonds is 4. The van der Waals surface area contributed by atoms with Crippen LogP contribution in [0.15, 0.2) is 24.3 Å². The first kappa shape index (κ1) is 10.4. The summed E-state index contributed by atoms with van der Waals surface area (Å²) in [6.45, 7) is 0. The van der Waals surface area contributed by atoms with Crippen LogP contribution in [0.4, 0.5) is 11.4 Å². The van der Waals surface area contributed by atoms with E-state index in [0.717, 1.165) is 0 Å². The molecule has 76 valence electrons. The van der Waals surface area contributed by atoms with E-state index in [9.17, 15) is 18.5 Å². The number of nitro groups is 1. The predicted molar refractivity (Wildman–Crippen MR) is 48.1 cm³/mol. The Morgan fingerprint density at radius 2 is 1.86 bits per heavy atom. The van der Waals surface area contributed by atoms with Crippen molar-refractivity contribution in [1.29, 1.82) is 0 Å². The SMILES string of the molecule is O=[N+]([O-])c1ccc(NO[SH](=O)=O)cc1. The van der Waals surface area contributed by atoms with E-state index < -0.39 is 15.9 Å². The number of nitro benzene ring substituents is 1. The number of non-ortho nitro benzene ring substituents is 1. The molecule has 0 aliphatic carbocycles. The van der Waals surface area contributed by atoms with Gasteiger partial charge in [0, 0.05) is 12.1 Å². The first-order chi connectivity index (χ1) is 6.59. The molecule has 0 unspecified atom stereocenters. The van der Waals surface area contributed by atoms with Crippen molar-refractivity contribution >= 4 is 22.4 Å². The number of hydrogen-bond acceptors (Lipinski definition) is 6. The van der Waals surface area contributed by atoms with Crippen molar-refractivity contribution < 1.29 is 17.6 Å². The van der Waals surface area contributed by atoms with Gasteiger partial charge in [0.1, 0.15) is 0 Å². The average Bonchev–Trinajstić information content (AvgIpc) is 2.15. The molecule has 0 heterocycles. The summed E-state index contributed by atoms with van der Waals surface area (Å²) >= 11 is 0. The fraction of sp³-hybridized carbons (Fsp3) is 0. The summed E-state index contributed by atoms with van der Waals surface area (Å²) in [6.07, 6.45) is 0. The van der Waals surface area contributed by atoms with Crippen LogP contribution in [0.1, 0.15) is 0 Å². The molecule has 0 saturated carbocycles. The third-order valence-electron chi connectivity index (χ3n) is 1.32. The zero-order chi connectivity index (χ0) is 10.6. The van der Waals surface area contributed by atoms with Crippen LogP contribution in [-0.2, 0) is 15.3 Å². The van der Waals surface area contributed by atoms with Gasteiger partial charge in [-0.15, -0.1) is 0 Å². The van der Waals surface area contributed by atoms with Crippen LogP contribution in [0.2, 0.25) is 0 Å². The first-order valence-corrected chi connectivity index (χ1v) is 4.51. The minimum absolute atomic E-state index is 0.0814. The van der Waals surface area contributed by atoms with Crippen molar-refractivity contribution in [3.63, 3.8) is 0 Å². The standard InChI is InChI=1S/C6H6N2O5S/c9-8(10)6-3-1-5(2-4-6)7-13-14(11)12/h1-4,7,14H. The third kappa shape index (κ3) is 2.99. The number of thiol groups is 1. The Hall–Kier alpha value is -1.67. The number of nitrogens with one attached hydrogen (secondary N) is 1. The van der Waals surface area contributed by atoms with Crippen LogP contribution in [0, 0.1) is 10.1 Å². The number of anilines is 1. The van der Waals surface area contributed by atoms with E-state index >= 15 is 0 Å². The maximum Gasteiger partial charge on any atom is 0.277 e. The fourth-order valence-electron chi connectivity index (χ4n) is 0.741. The van der Waals surface area contributed by atoms with E-state index in [2.05, 4.69) is 9.76 Å². The smallest absolute Gasteiger partial charge is 0.258 e. The lowest BCUT2D eigenvalue weighted by atomic mass is 10.3. The second-order valence-corrected chi connectivity index (χ2v) is 2.85. The lowest BCUT2D eigenvalue weighted by molar-refractivity contribution is -0.384. The van der Waals surface area contributed by atoms with E-state index in [1.807, 2.05) is 0 Å². The van der Waals surface area contributed by atoms with E-state index in [4.69, 9.17) is 0 Å². The lowest BCUT2D eigenvalue weighted by Gasteiger charge is -1.99. The maximum atomic E-state index is 10.2. The van der Waals surface area contributed by atoms with Crippen LogP contribution in [0.3, 0.4) is 0 Å². The normalized spacial score (nSPS) is 10.1. The summed E-state index contributed by atoms with van der Waals surface area (Å²) in [5, 5.41) is 10.2. The molecule has 0 aliphatic rings. The average molecular weight is 218 g/mol. The van der Waals surface area contributed by atoms with Crippen LogP contribution >= 0.6 is 0 Å². The van der Waals surface area contributed by atoms with Crippen molar-refractivity contribution in [2.75, 3.05) is 5.48 Å². The second kappa shape index (κ2) is 4.53. The summed E-state index contributed by atoms with van der Waals surface area (Å²) in [4.78, 5) is 9.68. The molecule has 0 aliphatic heterocycles. The third-order valence-corrected chi connectivity index (χ3v) is 1.56. The van der Waals surface area contributed by atoms with Gasteiger partial charge in [0.25, 0.3) is 16.7 Å². The van der Waals surface area contributed by atoms with Crippen molar-refractivity contribution in [2.45, 2.75) is 0 Å². The second-order valence-electron chi connectivity index (χ2n) is 2.22. The van der Waals surface area contributed by atoms with Gasteiger partial charge < -0.3 is 0 Å². The van der Waals surface area contributed by atoms with Crippen molar-refractivity contribution in [3.05, 3.63) is 34.4 Å². The van der Waals surface area contributed by atoms with Gasteiger partial charge >= 0.3 is 0 Å². The lowest BCUT2D eigenvalue weighted by Crippen LogP contribution is -1.98. The molecule has 0 radical (unpaired) electrons. The van der Waals surface area contributed by atoms with Crippen LogP contribution < -0.4 is 5.48 Å². The Bertz CT molecular complexity index is 391. The van der Waals surface area contributed by atoms with Crippen LogP contribution in [0.25, 0.3) is 0 Å². The van der Waals surface area contributed by atoms with Crippen LogP contribution in [0.5, 0.6) is 0 Å². The number of benzene rings is 1. The molecule has 8 heteroatoms. The van der Waals surface area contributed by atoms with Gasteiger partial charge in [0.05, 0.1) is 10.6 Å². The number of nitrogens with zero attached hydrogens (tertiary/aromatic N) is 1. The fourth-order valence-corrected chi connectivity index (χ4v) is 0.921. The quantitative estimate of drug-likeness (QED) is 0.433. The maximum absolute atomic E-state index is 10.2. The highest BCUT2D eigenvalue weighted by atomic mass is 32.2.